The summed E-state index contributed by atoms with van der Waals surface area (Å²) >= 11 is 1.70. The molecule has 25 heavy (non-hydrogen) atoms. The number of amides is 1. The van der Waals surface area contributed by atoms with E-state index in [4.69, 9.17) is 4.74 Å². The lowest BCUT2D eigenvalue weighted by Crippen LogP contribution is -2.37. The number of thioether (sulfide) groups is 1. The number of aromatic nitrogens is 1. The Labute approximate surface area is 149 Å². The van der Waals surface area contributed by atoms with E-state index in [0.717, 1.165) is 16.3 Å². The molecule has 0 radical (unpaired) electrons. The Balaban J connectivity index is 1.60. The summed E-state index contributed by atoms with van der Waals surface area (Å²) in [4.78, 5) is 21.7. The van der Waals surface area contributed by atoms with Gasteiger partial charge in [-0.05, 0) is 24.3 Å². The third-order valence-corrected chi connectivity index (χ3v) is 5.46. The van der Waals surface area contributed by atoms with Crippen molar-refractivity contribution < 1.29 is 13.9 Å². The predicted molar refractivity (Wildman–Crippen MR) is 96.1 cm³/mol. The fraction of sp³-hybridized carbons (Fsp3) is 0.333. The van der Waals surface area contributed by atoms with Gasteiger partial charge in [-0.2, -0.15) is 0 Å². The fourth-order valence-electron chi connectivity index (χ4n) is 3.13. The maximum absolute atomic E-state index is 14.6. The van der Waals surface area contributed by atoms with E-state index in [-0.39, 0.29) is 11.7 Å². The first-order valence-electron chi connectivity index (χ1n) is 8.25. The van der Waals surface area contributed by atoms with Crippen molar-refractivity contribution in [3.63, 3.8) is 0 Å². The summed E-state index contributed by atoms with van der Waals surface area (Å²) in [5.41, 5.74) is 1.67. The van der Waals surface area contributed by atoms with E-state index >= 15 is 0 Å². The minimum absolute atomic E-state index is 0.193. The van der Waals surface area contributed by atoms with Crippen molar-refractivity contribution in [1.82, 2.24) is 4.98 Å². The molecule has 1 aromatic carbocycles. The normalized spacial score (nSPS) is 17.3. The highest BCUT2D eigenvalue weighted by Crippen LogP contribution is 2.34. The minimum atomic E-state index is -0.370. The molecule has 130 valence electrons. The molecule has 7 heteroatoms. The zero-order chi connectivity index (χ0) is 17.2. The lowest BCUT2D eigenvalue weighted by atomic mass is 10.1. The fourth-order valence-corrected chi connectivity index (χ4v) is 4.09. The van der Waals surface area contributed by atoms with Crippen LogP contribution in [0.3, 0.4) is 0 Å². The summed E-state index contributed by atoms with van der Waals surface area (Å²) in [6, 6.07) is 6.64. The zero-order valence-electron chi connectivity index (χ0n) is 13.7. The van der Waals surface area contributed by atoms with Crippen LogP contribution in [-0.2, 0) is 4.74 Å². The molecule has 0 saturated carbocycles. The molecule has 2 aliphatic rings. The first kappa shape index (κ1) is 16.4. The lowest BCUT2D eigenvalue weighted by Gasteiger charge is -2.30. The van der Waals surface area contributed by atoms with Crippen LogP contribution in [0.5, 0.6) is 0 Å². The van der Waals surface area contributed by atoms with Crippen molar-refractivity contribution in [3.05, 3.63) is 48.0 Å². The van der Waals surface area contributed by atoms with Gasteiger partial charge in [0.1, 0.15) is 5.82 Å². The summed E-state index contributed by atoms with van der Waals surface area (Å²) in [6.07, 6.45) is 3.41. The Morgan fingerprint density at radius 1 is 1.16 bits per heavy atom. The molecule has 1 amide bonds. The van der Waals surface area contributed by atoms with Crippen LogP contribution in [0, 0.1) is 5.82 Å². The van der Waals surface area contributed by atoms with Crippen LogP contribution in [0.25, 0.3) is 0 Å². The number of rotatable bonds is 2. The van der Waals surface area contributed by atoms with Crippen LogP contribution in [0.4, 0.5) is 15.8 Å². The molecule has 2 aromatic rings. The van der Waals surface area contributed by atoms with Crippen molar-refractivity contribution >= 4 is 29.0 Å². The molecule has 0 atom stereocenters. The molecule has 5 nitrogen and oxygen atoms in total. The molecule has 4 rings (SSSR count). The number of morpholine rings is 1. The maximum atomic E-state index is 14.6. The second kappa shape index (κ2) is 7.01. The first-order valence-corrected chi connectivity index (χ1v) is 9.23. The molecule has 1 fully saturated rings. The lowest BCUT2D eigenvalue weighted by molar-refractivity contribution is 0.0987. The number of hydrogen-bond donors (Lipinski definition) is 0. The molecule has 1 saturated heterocycles. The van der Waals surface area contributed by atoms with E-state index in [1.165, 1.54) is 6.07 Å². The van der Waals surface area contributed by atoms with Gasteiger partial charge in [-0.1, -0.05) is 0 Å². The number of carbonyl (C=O) groups excluding carboxylic acids is 1. The van der Waals surface area contributed by atoms with Gasteiger partial charge in [0.15, 0.2) is 0 Å². The Morgan fingerprint density at radius 3 is 2.80 bits per heavy atom. The minimum Gasteiger partial charge on any atom is -0.378 e. The molecular weight excluding hydrogens is 341 g/mol. The molecule has 0 aliphatic carbocycles. The van der Waals surface area contributed by atoms with Crippen molar-refractivity contribution in [2.75, 3.05) is 48.4 Å². The molecule has 0 bridgehead atoms. The number of hydrogen-bond acceptors (Lipinski definition) is 5. The molecule has 3 heterocycles. The Hall–Kier alpha value is -2.12. The number of nitrogens with zero attached hydrogens (tertiary/aromatic N) is 3. The molecular formula is C18H18FN3O2S. The Bertz CT molecular complexity index is 796. The third kappa shape index (κ3) is 3.21. The van der Waals surface area contributed by atoms with E-state index in [1.54, 1.807) is 41.2 Å². The number of benzene rings is 1. The van der Waals surface area contributed by atoms with Gasteiger partial charge in [0, 0.05) is 42.0 Å². The van der Waals surface area contributed by atoms with Gasteiger partial charge < -0.3 is 14.5 Å². The van der Waals surface area contributed by atoms with Gasteiger partial charge in [-0.25, -0.2) is 4.39 Å². The van der Waals surface area contributed by atoms with Gasteiger partial charge in [0.25, 0.3) is 5.91 Å². The summed E-state index contributed by atoms with van der Waals surface area (Å²) in [6.45, 7) is 3.10. The highest BCUT2D eigenvalue weighted by Gasteiger charge is 2.25. The van der Waals surface area contributed by atoms with Crippen LogP contribution in [0.15, 0.2) is 41.6 Å². The second-order valence-electron chi connectivity index (χ2n) is 5.91. The number of carbonyl (C=O) groups is 1. The van der Waals surface area contributed by atoms with Crippen molar-refractivity contribution in [1.29, 1.82) is 0 Å². The highest BCUT2D eigenvalue weighted by atomic mass is 32.2. The SMILES string of the molecule is O=C(c1ccc(N2CCOCC2)c(F)c1)N1CCSc2ccncc21. The molecule has 1 aromatic heterocycles. The molecule has 0 unspecified atom stereocenters. The van der Waals surface area contributed by atoms with Crippen molar-refractivity contribution in [2.45, 2.75) is 4.90 Å². The quantitative estimate of drug-likeness (QED) is 0.825. The predicted octanol–water partition coefficient (Wildman–Crippen LogP) is 2.81. The standard InChI is InChI=1S/C18H18FN3O2S/c19-14-11-13(1-2-15(14)21-5-8-24-9-6-21)18(23)22-7-10-25-17-3-4-20-12-16(17)22/h1-4,11-12H,5-10H2. The number of fused-ring (bicyclic) bond motifs is 1. The topological polar surface area (TPSA) is 45.7 Å². The van der Waals surface area contributed by atoms with Crippen LogP contribution in [0.1, 0.15) is 10.4 Å². The maximum Gasteiger partial charge on any atom is 0.258 e. The summed E-state index contributed by atoms with van der Waals surface area (Å²) < 4.78 is 19.9. The number of halogens is 1. The van der Waals surface area contributed by atoms with Gasteiger partial charge >= 0.3 is 0 Å². The second-order valence-corrected chi connectivity index (χ2v) is 7.05. The zero-order valence-corrected chi connectivity index (χ0v) is 14.5. The monoisotopic (exact) mass is 359 g/mol. The van der Waals surface area contributed by atoms with Crippen LogP contribution >= 0.6 is 11.8 Å². The average molecular weight is 359 g/mol. The highest BCUT2D eigenvalue weighted by molar-refractivity contribution is 7.99. The molecule has 0 N–H and O–H groups in total. The van der Waals surface area contributed by atoms with E-state index in [1.807, 2.05) is 11.0 Å². The smallest absolute Gasteiger partial charge is 0.258 e. The summed E-state index contributed by atoms with van der Waals surface area (Å²) in [5.74, 6) is 0.254. The molecule has 0 spiro atoms. The van der Waals surface area contributed by atoms with Gasteiger partial charge in [-0.15, -0.1) is 11.8 Å². The van der Waals surface area contributed by atoms with Crippen LogP contribution in [-0.4, -0.2) is 49.5 Å². The number of ether oxygens (including phenoxy) is 1. The average Bonchev–Trinajstić information content (AvgIpc) is 2.67. The number of anilines is 2. The Morgan fingerprint density at radius 2 is 2.00 bits per heavy atom. The van der Waals surface area contributed by atoms with Gasteiger partial charge in [0.05, 0.1) is 30.8 Å². The van der Waals surface area contributed by atoms with Crippen molar-refractivity contribution in [2.24, 2.45) is 0 Å². The van der Waals surface area contributed by atoms with Crippen LogP contribution < -0.4 is 9.80 Å². The van der Waals surface area contributed by atoms with E-state index in [0.29, 0.717) is 44.1 Å². The largest absolute Gasteiger partial charge is 0.378 e. The van der Waals surface area contributed by atoms with Gasteiger partial charge in [0.2, 0.25) is 0 Å². The third-order valence-electron chi connectivity index (χ3n) is 4.42. The first-order chi connectivity index (χ1) is 12.2. The van der Waals surface area contributed by atoms with E-state index < -0.39 is 0 Å². The number of pyridine rings is 1. The van der Waals surface area contributed by atoms with E-state index in [2.05, 4.69) is 4.98 Å². The molecule has 2 aliphatic heterocycles. The van der Waals surface area contributed by atoms with Crippen LogP contribution in [0.2, 0.25) is 0 Å². The summed E-state index contributed by atoms with van der Waals surface area (Å²) in [7, 11) is 0. The Kier molecular flexibility index (Phi) is 4.59. The summed E-state index contributed by atoms with van der Waals surface area (Å²) in [5, 5.41) is 0. The van der Waals surface area contributed by atoms with E-state index in [9.17, 15) is 9.18 Å². The van der Waals surface area contributed by atoms with Gasteiger partial charge in [-0.3, -0.25) is 9.78 Å². The van der Waals surface area contributed by atoms with Crippen molar-refractivity contribution in [3.8, 4) is 0 Å².